The minimum Gasteiger partial charge on any atom is -0.164 e. The molecule has 0 radical (unpaired) electrons. The summed E-state index contributed by atoms with van der Waals surface area (Å²) in [5.74, 6) is 0. The maximum Gasteiger partial charge on any atom is 0.435 e. The van der Waals surface area contributed by atoms with Gasteiger partial charge in [-0.2, -0.15) is 18.3 Å². The van der Waals surface area contributed by atoms with E-state index in [1.807, 2.05) is 6.92 Å². The number of aromatic nitrogens is 2. The Labute approximate surface area is 73.8 Å². The van der Waals surface area contributed by atoms with Crippen molar-refractivity contribution in [3.05, 3.63) is 23.0 Å². The molecule has 1 aromatic heterocycles. The molecule has 2 nitrogen and oxygen atoms in total. The fourth-order valence-electron chi connectivity index (χ4n) is 0.998. The predicted octanol–water partition coefficient (Wildman–Crippen LogP) is 2.37. The van der Waals surface area contributed by atoms with Crippen molar-refractivity contribution in [2.75, 3.05) is 0 Å². The van der Waals surface area contributed by atoms with E-state index >= 15 is 0 Å². The van der Waals surface area contributed by atoms with Crippen LogP contribution in [0.1, 0.15) is 23.9 Å². The highest BCUT2D eigenvalue weighted by Gasteiger charge is 2.33. The van der Waals surface area contributed by atoms with Crippen molar-refractivity contribution in [2.24, 2.45) is 0 Å². The van der Waals surface area contributed by atoms with Crippen LogP contribution < -0.4 is 0 Å². The molecule has 1 heterocycles. The van der Waals surface area contributed by atoms with E-state index in [2.05, 4.69) is 10.2 Å². The Morgan fingerprint density at radius 1 is 1.31 bits per heavy atom. The van der Waals surface area contributed by atoms with E-state index in [1.54, 1.807) is 6.92 Å². The molecule has 0 N–H and O–H groups in total. The summed E-state index contributed by atoms with van der Waals surface area (Å²) in [5, 5.41) is 6.60. The first-order valence-electron chi connectivity index (χ1n) is 3.85. The molecular weight excluding hydrogens is 181 g/mol. The van der Waals surface area contributed by atoms with Crippen LogP contribution in [0.15, 0.2) is 6.07 Å². The predicted molar refractivity (Wildman–Crippen MR) is 41.1 cm³/mol. The van der Waals surface area contributed by atoms with Gasteiger partial charge in [-0.05, 0) is 25.0 Å². The molecule has 1 rings (SSSR count). The minimum atomic E-state index is -4.40. The van der Waals surface area contributed by atoms with Gasteiger partial charge in [0.2, 0.25) is 0 Å². The number of halogens is 3. The second-order valence-electron chi connectivity index (χ2n) is 2.71. The van der Waals surface area contributed by atoms with Crippen molar-refractivity contribution >= 4 is 0 Å². The molecule has 0 spiro atoms. The smallest absolute Gasteiger partial charge is 0.164 e. The summed E-state index contributed by atoms with van der Waals surface area (Å²) in [6.45, 7) is 3.42. The van der Waals surface area contributed by atoms with Gasteiger partial charge in [0, 0.05) is 0 Å². The second kappa shape index (κ2) is 3.32. The maximum atomic E-state index is 12.1. The van der Waals surface area contributed by atoms with Gasteiger partial charge < -0.3 is 0 Å². The van der Waals surface area contributed by atoms with Gasteiger partial charge in [-0.15, -0.1) is 5.10 Å². The van der Waals surface area contributed by atoms with Crippen LogP contribution in [0.3, 0.4) is 0 Å². The zero-order chi connectivity index (χ0) is 10.1. The Kier molecular flexibility index (Phi) is 2.54. The first-order chi connectivity index (χ1) is 5.95. The number of hydrogen-bond acceptors (Lipinski definition) is 2. The molecule has 0 aliphatic carbocycles. The van der Waals surface area contributed by atoms with Crippen LogP contribution >= 0.6 is 0 Å². The van der Waals surface area contributed by atoms with Gasteiger partial charge in [0.25, 0.3) is 0 Å². The Bertz CT molecular complexity index is 307. The number of hydrogen-bond donors (Lipinski definition) is 0. The van der Waals surface area contributed by atoms with E-state index in [0.29, 0.717) is 17.7 Å². The van der Waals surface area contributed by atoms with Gasteiger partial charge in [0.15, 0.2) is 5.69 Å². The molecule has 0 amide bonds. The molecule has 0 saturated heterocycles. The van der Waals surface area contributed by atoms with Crippen molar-refractivity contribution in [1.29, 1.82) is 0 Å². The molecule has 0 aliphatic rings. The van der Waals surface area contributed by atoms with Gasteiger partial charge in [-0.25, -0.2) is 0 Å². The number of rotatable bonds is 1. The third-order valence-electron chi connectivity index (χ3n) is 1.71. The Balaban J connectivity index is 3.10. The van der Waals surface area contributed by atoms with Gasteiger partial charge in [-0.3, -0.25) is 0 Å². The zero-order valence-corrected chi connectivity index (χ0v) is 7.31. The normalized spacial score (nSPS) is 11.8. The van der Waals surface area contributed by atoms with Gasteiger partial charge in [0.05, 0.1) is 5.69 Å². The van der Waals surface area contributed by atoms with E-state index in [1.165, 1.54) is 0 Å². The Morgan fingerprint density at radius 3 is 2.31 bits per heavy atom. The first-order valence-corrected chi connectivity index (χ1v) is 3.85. The van der Waals surface area contributed by atoms with Crippen LogP contribution in [0, 0.1) is 6.92 Å². The van der Waals surface area contributed by atoms with Crippen LogP contribution in [0.25, 0.3) is 0 Å². The molecular formula is C8H9F3N2. The highest BCUT2D eigenvalue weighted by atomic mass is 19.4. The molecule has 0 saturated carbocycles. The monoisotopic (exact) mass is 190 g/mol. The lowest BCUT2D eigenvalue weighted by Crippen LogP contribution is -2.11. The van der Waals surface area contributed by atoms with Crippen LogP contribution in [0.2, 0.25) is 0 Å². The van der Waals surface area contributed by atoms with E-state index in [0.717, 1.165) is 6.07 Å². The molecule has 0 fully saturated rings. The second-order valence-corrected chi connectivity index (χ2v) is 2.71. The average molecular weight is 190 g/mol. The lowest BCUT2D eigenvalue weighted by Gasteiger charge is -2.06. The van der Waals surface area contributed by atoms with Crippen LogP contribution in [0.5, 0.6) is 0 Å². The molecule has 0 unspecified atom stereocenters. The fraction of sp³-hybridized carbons (Fsp3) is 0.500. The van der Waals surface area contributed by atoms with Crippen molar-refractivity contribution < 1.29 is 13.2 Å². The van der Waals surface area contributed by atoms with Crippen LogP contribution in [0.4, 0.5) is 13.2 Å². The van der Waals surface area contributed by atoms with E-state index in [-0.39, 0.29) is 0 Å². The summed E-state index contributed by atoms with van der Waals surface area (Å²) >= 11 is 0. The number of aryl methyl sites for hydroxylation is 2. The first kappa shape index (κ1) is 9.95. The van der Waals surface area contributed by atoms with Crippen molar-refractivity contribution in [2.45, 2.75) is 26.4 Å². The maximum absolute atomic E-state index is 12.1. The summed E-state index contributed by atoms with van der Waals surface area (Å²) in [7, 11) is 0. The summed E-state index contributed by atoms with van der Waals surface area (Å²) in [6.07, 6.45) is -3.80. The molecule has 0 atom stereocenters. The lowest BCUT2D eigenvalue weighted by atomic mass is 10.2. The van der Waals surface area contributed by atoms with E-state index in [4.69, 9.17) is 0 Å². The number of nitrogens with zero attached hydrogens (tertiary/aromatic N) is 2. The summed E-state index contributed by atoms with van der Waals surface area (Å²) < 4.78 is 36.3. The highest BCUT2D eigenvalue weighted by Crippen LogP contribution is 2.27. The summed E-state index contributed by atoms with van der Waals surface area (Å²) in [4.78, 5) is 0. The quantitative estimate of drug-likeness (QED) is 0.679. The molecule has 72 valence electrons. The topological polar surface area (TPSA) is 25.8 Å². The molecule has 0 aliphatic heterocycles. The summed E-state index contributed by atoms with van der Waals surface area (Å²) in [5.41, 5.74) is 0.208. The van der Waals surface area contributed by atoms with Gasteiger partial charge in [-0.1, -0.05) is 6.92 Å². The highest BCUT2D eigenvalue weighted by molar-refractivity contribution is 5.20. The van der Waals surface area contributed by atoms with Crippen LogP contribution in [-0.2, 0) is 12.6 Å². The van der Waals surface area contributed by atoms with E-state index < -0.39 is 11.9 Å². The van der Waals surface area contributed by atoms with Gasteiger partial charge in [0.1, 0.15) is 0 Å². The van der Waals surface area contributed by atoms with E-state index in [9.17, 15) is 13.2 Å². The molecule has 1 aromatic rings. The Hall–Kier alpha value is -1.13. The van der Waals surface area contributed by atoms with Crippen LogP contribution in [-0.4, -0.2) is 10.2 Å². The third-order valence-corrected chi connectivity index (χ3v) is 1.71. The lowest BCUT2D eigenvalue weighted by molar-refractivity contribution is -0.141. The average Bonchev–Trinajstić information content (AvgIpc) is 2.02. The van der Waals surface area contributed by atoms with Crippen molar-refractivity contribution in [1.82, 2.24) is 10.2 Å². The minimum absolute atomic E-state index is 0.532. The zero-order valence-electron chi connectivity index (χ0n) is 7.31. The van der Waals surface area contributed by atoms with Gasteiger partial charge >= 0.3 is 6.18 Å². The molecule has 13 heavy (non-hydrogen) atoms. The molecule has 5 heteroatoms. The fourth-order valence-corrected chi connectivity index (χ4v) is 0.998. The molecule has 0 bridgehead atoms. The SMILES string of the molecule is CCc1nnc(C(F)(F)F)cc1C. The number of alkyl halides is 3. The Morgan fingerprint density at radius 2 is 1.92 bits per heavy atom. The van der Waals surface area contributed by atoms with Crippen molar-refractivity contribution in [3.63, 3.8) is 0 Å². The largest absolute Gasteiger partial charge is 0.435 e. The standard InChI is InChI=1S/C8H9F3N2/c1-3-6-5(2)4-7(13-12-6)8(9,10)11/h4H,3H2,1-2H3. The van der Waals surface area contributed by atoms with Crippen molar-refractivity contribution in [3.8, 4) is 0 Å². The third kappa shape index (κ3) is 2.17. The summed E-state index contributed by atoms with van der Waals surface area (Å²) in [6, 6.07) is 1.02. The molecule has 0 aromatic carbocycles.